The zero-order valence-corrected chi connectivity index (χ0v) is 21.8. The number of rotatable bonds is 10. The van der Waals surface area contributed by atoms with Crippen LogP contribution in [0.4, 0.5) is 0 Å². The fourth-order valence-corrected chi connectivity index (χ4v) is 6.16. The third-order valence-corrected chi connectivity index (χ3v) is 8.09. The summed E-state index contributed by atoms with van der Waals surface area (Å²) in [5, 5.41) is 16.2. The Hall–Kier alpha value is -2.75. The first-order valence-corrected chi connectivity index (χ1v) is 13.4. The van der Waals surface area contributed by atoms with Crippen LogP contribution in [0.25, 0.3) is 0 Å². The molecule has 9 nitrogen and oxygen atoms in total. The molecule has 1 aromatic carbocycles. The lowest BCUT2D eigenvalue weighted by molar-refractivity contribution is -0.143. The number of nitrogens with one attached hydrogen (secondary N) is 2. The van der Waals surface area contributed by atoms with Gasteiger partial charge in [-0.15, -0.1) is 0 Å². The van der Waals surface area contributed by atoms with Crippen molar-refractivity contribution in [3.63, 3.8) is 0 Å². The lowest BCUT2D eigenvalue weighted by Crippen LogP contribution is -2.54. The van der Waals surface area contributed by atoms with Gasteiger partial charge in [0.15, 0.2) is 0 Å². The van der Waals surface area contributed by atoms with Gasteiger partial charge in [0, 0.05) is 39.1 Å². The minimum Gasteiger partial charge on any atom is -0.394 e. The molecule has 2 saturated heterocycles. The van der Waals surface area contributed by atoms with E-state index >= 15 is 0 Å². The van der Waals surface area contributed by atoms with E-state index in [4.69, 9.17) is 4.74 Å². The van der Waals surface area contributed by atoms with Crippen molar-refractivity contribution in [2.24, 2.45) is 23.7 Å². The Bertz CT molecular complexity index is 965. The van der Waals surface area contributed by atoms with Crippen LogP contribution in [-0.2, 0) is 25.5 Å². The van der Waals surface area contributed by atoms with Crippen LogP contribution in [0, 0.1) is 23.7 Å². The molecule has 0 aromatic heterocycles. The third-order valence-electron chi connectivity index (χ3n) is 8.09. The van der Waals surface area contributed by atoms with E-state index in [9.17, 15) is 19.5 Å². The molecule has 3 amide bonds. The average Bonchev–Trinajstić information content (AvgIpc) is 3.23. The number of carbonyl (C=O) groups is 3. The van der Waals surface area contributed by atoms with E-state index in [1.165, 1.54) is 0 Å². The molecule has 6 atom stereocenters. The molecule has 2 fully saturated rings. The van der Waals surface area contributed by atoms with Gasteiger partial charge in [-0.05, 0) is 24.3 Å². The van der Waals surface area contributed by atoms with Crippen molar-refractivity contribution in [2.75, 3.05) is 53.0 Å². The maximum Gasteiger partial charge on any atom is 0.243 e. The Labute approximate surface area is 219 Å². The zero-order valence-electron chi connectivity index (χ0n) is 21.8. The van der Waals surface area contributed by atoms with Crippen LogP contribution in [0.15, 0.2) is 42.5 Å². The van der Waals surface area contributed by atoms with Gasteiger partial charge in [-0.3, -0.25) is 19.3 Å². The monoisotopic (exact) mass is 512 g/mol. The van der Waals surface area contributed by atoms with Crippen molar-refractivity contribution < 1.29 is 24.2 Å². The van der Waals surface area contributed by atoms with Crippen molar-refractivity contribution >= 4 is 17.7 Å². The van der Waals surface area contributed by atoms with E-state index in [1.54, 1.807) is 11.9 Å². The minimum atomic E-state index is -0.788. The minimum absolute atomic E-state index is 0.0863. The topological polar surface area (TPSA) is 111 Å². The summed E-state index contributed by atoms with van der Waals surface area (Å²) < 4.78 is 5.40. The molecule has 0 saturated carbocycles. The summed E-state index contributed by atoms with van der Waals surface area (Å²) in [5.74, 6) is -2.38. The molecule has 3 aliphatic rings. The van der Waals surface area contributed by atoms with Crippen LogP contribution in [0.1, 0.15) is 18.9 Å². The van der Waals surface area contributed by atoms with E-state index in [-0.39, 0.29) is 30.2 Å². The van der Waals surface area contributed by atoms with Crippen LogP contribution in [0.5, 0.6) is 0 Å². The van der Waals surface area contributed by atoms with Crippen molar-refractivity contribution in [3.05, 3.63) is 48.0 Å². The summed E-state index contributed by atoms with van der Waals surface area (Å²) >= 11 is 0. The highest BCUT2D eigenvalue weighted by Gasteiger charge is 2.58. The molecule has 0 bridgehead atoms. The zero-order chi connectivity index (χ0) is 26.4. The molecular weight excluding hydrogens is 472 g/mol. The maximum atomic E-state index is 14.1. The van der Waals surface area contributed by atoms with Gasteiger partial charge in [0.1, 0.15) is 6.04 Å². The SMILES string of the molecule is CC[C@@H]1C=C[C@H]2[C@@H](C(=O)N([C@@H](CO)Cc3ccccc3)[C@@H]2C(=O)NCCN2CCOCC2)[C@@H]1C(=O)NC. The highest BCUT2D eigenvalue weighted by Crippen LogP contribution is 2.45. The van der Waals surface area contributed by atoms with Crippen LogP contribution in [0.2, 0.25) is 0 Å². The van der Waals surface area contributed by atoms with Crippen LogP contribution < -0.4 is 10.6 Å². The first kappa shape index (κ1) is 27.3. The number of hydrogen-bond acceptors (Lipinski definition) is 6. The second-order valence-electron chi connectivity index (χ2n) is 10.2. The lowest BCUT2D eigenvalue weighted by atomic mass is 9.69. The number of likely N-dealkylation sites (tertiary alicyclic amines) is 1. The summed E-state index contributed by atoms with van der Waals surface area (Å²) in [6, 6.07) is 8.30. The molecule has 0 spiro atoms. The second-order valence-corrected chi connectivity index (χ2v) is 10.2. The summed E-state index contributed by atoms with van der Waals surface area (Å²) in [6.07, 6.45) is 5.09. The number of fused-ring (bicyclic) bond motifs is 1. The van der Waals surface area contributed by atoms with Gasteiger partial charge in [-0.25, -0.2) is 0 Å². The molecule has 0 radical (unpaired) electrons. The summed E-state index contributed by atoms with van der Waals surface area (Å²) in [6.45, 7) is 5.91. The Morgan fingerprint density at radius 3 is 2.51 bits per heavy atom. The van der Waals surface area contributed by atoms with Crippen LogP contribution in [0.3, 0.4) is 0 Å². The van der Waals surface area contributed by atoms with E-state index < -0.39 is 29.8 Å². The van der Waals surface area contributed by atoms with Gasteiger partial charge in [0.2, 0.25) is 17.7 Å². The summed E-state index contributed by atoms with van der Waals surface area (Å²) in [5.41, 5.74) is 0.973. The summed E-state index contributed by atoms with van der Waals surface area (Å²) in [7, 11) is 1.58. The highest BCUT2D eigenvalue weighted by molar-refractivity contribution is 5.97. The van der Waals surface area contributed by atoms with E-state index in [1.807, 2.05) is 49.4 Å². The smallest absolute Gasteiger partial charge is 0.243 e. The van der Waals surface area contributed by atoms with Crippen LogP contribution >= 0.6 is 0 Å². The van der Waals surface area contributed by atoms with Gasteiger partial charge < -0.3 is 25.4 Å². The number of carbonyl (C=O) groups excluding carboxylic acids is 3. The first-order valence-electron chi connectivity index (χ1n) is 13.4. The molecule has 3 N–H and O–H groups in total. The van der Waals surface area contributed by atoms with Gasteiger partial charge in [-0.1, -0.05) is 49.4 Å². The van der Waals surface area contributed by atoms with Gasteiger partial charge in [0.05, 0.1) is 37.7 Å². The summed E-state index contributed by atoms with van der Waals surface area (Å²) in [4.78, 5) is 44.6. The Morgan fingerprint density at radius 1 is 1.14 bits per heavy atom. The number of hydrogen-bond donors (Lipinski definition) is 3. The van der Waals surface area contributed by atoms with E-state index in [0.717, 1.165) is 25.1 Å². The Balaban J connectivity index is 1.61. The number of ether oxygens (including phenoxy) is 1. The number of aliphatic hydroxyl groups excluding tert-OH is 1. The normalized spacial score (nSPS) is 28.6. The predicted molar refractivity (Wildman–Crippen MR) is 139 cm³/mol. The van der Waals surface area contributed by atoms with Crippen molar-refractivity contribution in [3.8, 4) is 0 Å². The number of nitrogens with zero attached hydrogens (tertiary/aromatic N) is 2. The van der Waals surface area contributed by atoms with Crippen molar-refractivity contribution in [2.45, 2.75) is 31.8 Å². The molecule has 4 rings (SSSR count). The number of amides is 3. The van der Waals surface area contributed by atoms with E-state index in [2.05, 4.69) is 15.5 Å². The van der Waals surface area contributed by atoms with Crippen LogP contribution in [-0.4, -0.2) is 97.8 Å². The van der Waals surface area contributed by atoms with Gasteiger partial charge in [-0.2, -0.15) is 0 Å². The fourth-order valence-electron chi connectivity index (χ4n) is 6.16. The third kappa shape index (κ3) is 5.89. The lowest BCUT2D eigenvalue weighted by Gasteiger charge is -2.34. The quantitative estimate of drug-likeness (QED) is 0.393. The molecule has 0 unspecified atom stereocenters. The molecule has 9 heteroatoms. The molecule has 37 heavy (non-hydrogen) atoms. The van der Waals surface area contributed by atoms with Gasteiger partial charge in [0.25, 0.3) is 0 Å². The van der Waals surface area contributed by atoms with Crippen molar-refractivity contribution in [1.82, 2.24) is 20.4 Å². The highest BCUT2D eigenvalue weighted by atomic mass is 16.5. The Morgan fingerprint density at radius 2 is 1.86 bits per heavy atom. The molecule has 2 aliphatic heterocycles. The predicted octanol–water partition coefficient (Wildman–Crippen LogP) is 0.440. The average molecular weight is 513 g/mol. The molecule has 1 aliphatic carbocycles. The number of morpholine rings is 1. The van der Waals surface area contributed by atoms with E-state index in [0.29, 0.717) is 32.7 Å². The standard InChI is InChI=1S/C28H40N4O5/c1-3-20-9-10-22-24(23(20)26(34)29-2)28(36)32(21(18-33)17-19-7-5-4-6-8-19)25(22)27(35)30-11-12-31-13-15-37-16-14-31/h4-10,20-25,33H,3,11-18H2,1-2H3,(H,29,34)(H,30,35)/t20-,21-,22+,23-,24-,25+/m1/s1. The van der Waals surface area contributed by atoms with Gasteiger partial charge >= 0.3 is 0 Å². The Kier molecular flexibility index (Phi) is 9.34. The molecular formula is C28H40N4O5. The first-order chi connectivity index (χ1) is 18.0. The number of allylic oxidation sites excluding steroid dienone is 1. The molecule has 2 heterocycles. The molecule has 1 aromatic rings. The maximum absolute atomic E-state index is 14.1. The molecule has 202 valence electrons. The fraction of sp³-hybridized carbons (Fsp3) is 0.607. The van der Waals surface area contributed by atoms with Crippen molar-refractivity contribution in [1.29, 1.82) is 0 Å². The number of benzene rings is 1. The second kappa shape index (κ2) is 12.7. The largest absolute Gasteiger partial charge is 0.394 e. The number of aliphatic hydroxyl groups is 1.